The second-order valence-corrected chi connectivity index (χ2v) is 6.38. The highest BCUT2D eigenvalue weighted by Gasteiger charge is 2.33. The maximum absolute atomic E-state index is 12.1. The summed E-state index contributed by atoms with van der Waals surface area (Å²) in [6.07, 6.45) is 3.15. The first-order chi connectivity index (χ1) is 8.29. The van der Waals surface area contributed by atoms with Crippen molar-refractivity contribution in [3.05, 3.63) is 0 Å². The van der Waals surface area contributed by atoms with Crippen molar-refractivity contribution < 1.29 is 9.53 Å². The molecule has 106 valence electrons. The maximum atomic E-state index is 12.1. The molecule has 4 nitrogen and oxygen atoms in total. The van der Waals surface area contributed by atoms with Gasteiger partial charge in [0, 0.05) is 6.54 Å². The van der Waals surface area contributed by atoms with E-state index in [1.807, 2.05) is 20.8 Å². The van der Waals surface area contributed by atoms with Gasteiger partial charge in [-0.2, -0.15) is 0 Å². The zero-order valence-electron chi connectivity index (χ0n) is 12.5. The van der Waals surface area contributed by atoms with E-state index in [2.05, 4.69) is 23.9 Å². The molecular weight excluding hydrogens is 228 g/mol. The normalized spacial score (nSPS) is 21.6. The summed E-state index contributed by atoms with van der Waals surface area (Å²) in [5.74, 6) is -0.0511. The number of ether oxygens (including phenoxy) is 1. The molecule has 0 N–H and O–H groups in total. The molecule has 0 saturated carbocycles. The zero-order chi connectivity index (χ0) is 13.8. The second kappa shape index (κ2) is 6.53. The lowest BCUT2D eigenvalue weighted by Crippen LogP contribution is -2.41. The number of hydrogen-bond acceptors (Lipinski definition) is 4. The number of likely N-dealkylation sites (tertiary alicyclic amines) is 1. The third-order valence-corrected chi connectivity index (χ3v) is 3.09. The molecule has 0 aromatic heterocycles. The summed E-state index contributed by atoms with van der Waals surface area (Å²) in [7, 11) is 4.16. The number of nitrogens with zero attached hydrogens (tertiary/aromatic N) is 2. The minimum Gasteiger partial charge on any atom is -0.459 e. The number of carbonyl (C=O) groups is 1. The van der Waals surface area contributed by atoms with E-state index in [1.54, 1.807) is 0 Å². The molecule has 0 unspecified atom stereocenters. The van der Waals surface area contributed by atoms with Crippen LogP contribution in [-0.2, 0) is 9.53 Å². The Morgan fingerprint density at radius 1 is 1.39 bits per heavy atom. The van der Waals surface area contributed by atoms with Crippen LogP contribution in [0.1, 0.15) is 40.0 Å². The smallest absolute Gasteiger partial charge is 0.323 e. The molecule has 0 aliphatic carbocycles. The first kappa shape index (κ1) is 15.4. The van der Waals surface area contributed by atoms with Crippen LogP contribution in [0.25, 0.3) is 0 Å². The van der Waals surface area contributed by atoms with Crippen LogP contribution in [0.15, 0.2) is 0 Å². The Kier molecular flexibility index (Phi) is 5.60. The van der Waals surface area contributed by atoms with Crippen molar-refractivity contribution in [2.24, 2.45) is 0 Å². The summed E-state index contributed by atoms with van der Waals surface area (Å²) in [6.45, 7) is 8.86. The summed E-state index contributed by atoms with van der Waals surface area (Å²) in [5, 5.41) is 0. The molecule has 1 saturated heterocycles. The number of rotatable bonds is 5. The molecule has 0 spiro atoms. The van der Waals surface area contributed by atoms with Gasteiger partial charge in [-0.1, -0.05) is 0 Å². The van der Waals surface area contributed by atoms with E-state index in [4.69, 9.17) is 4.74 Å². The van der Waals surface area contributed by atoms with Crippen LogP contribution in [0.5, 0.6) is 0 Å². The van der Waals surface area contributed by atoms with Gasteiger partial charge in [-0.15, -0.1) is 0 Å². The third kappa shape index (κ3) is 5.36. The summed E-state index contributed by atoms with van der Waals surface area (Å²) in [6, 6.07) is -0.0219. The van der Waals surface area contributed by atoms with E-state index in [0.29, 0.717) is 0 Å². The van der Waals surface area contributed by atoms with Gasteiger partial charge in [-0.25, -0.2) is 0 Å². The molecule has 1 atom stereocenters. The summed E-state index contributed by atoms with van der Waals surface area (Å²) >= 11 is 0. The van der Waals surface area contributed by atoms with E-state index >= 15 is 0 Å². The Morgan fingerprint density at radius 3 is 2.61 bits per heavy atom. The fraction of sp³-hybridized carbons (Fsp3) is 0.929. The van der Waals surface area contributed by atoms with Crippen LogP contribution in [0, 0.1) is 0 Å². The number of hydrogen-bond donors (Lipinski definition) is 0. The quantitative estimate of drug-likeness (QED) is 0.702. The molecule has 0 radical (unpaired) electrons. The van der Waals surface area contributed by atoms with Crippen molar-refractivity contribution in [3.8, 4) is 0 Å². The topological polar surface area (TPSA) is 32.8 Å². The fourth-order valence-electron chi connectivity index (χ4n) is 2.32. The predicted molar refractivity (Wildman–Crippen MR) is 73.6 cm³/mol. The van der Waals surface area contributed by atoms with Gasteiger partial charge in [-0.05, 0) is 67.2 Å². The lowest BCUT2D eigenvalue weighted by molar-refractivity contribution is -0.160. The lowest BCUT2D eigenvalue weighted by atomic mass is 10.1. The molecule has 1 fully saturated rings. The molecule has 0 aromatic rings. The summed E-state index contributed by atoms with van der Waals surface area (Å²) < 4.78 is 5.49. The highest BCUT2D eigenvalue weighted by Crippen LogP contribution is 2.21. The molecule has 1 aliphatic heterocycles. The van der Waals surface area contributed by atoms with E-state index in [9.17, 15) is 4.79 Å². The van der Waals surface area contributed by atoms with Crippen molar-refractivity contribution in [1.82, 2.24) is 9.80 Å². The largest absolute Gasteiger partial charge is 0.459 e. The van der Waals surface area contributed by atoms with Gasteiger partial charge in [0.2, 0.25) is 0 Å². The zero-order valence-corrected chi connectivity index (χ0v) is 12.5. The predicted octanol–water partition coefficient (Wildman–Crippen LogP) is 1.74. The van der Waals surface area contributed by atoms with Crippen LogP contribution >= 0.6 is 0 Å². The van der Waals surface area contributed by atoms with E-state index in [0.717, 1.165) is 38.9 Å². The first-order valence-corrected chi connectivity index (χ1v) is 6.91. The average Bonchev–Trinajstić information content (AvgIpc) is 2.62. The monoisotopic (exact) mass is 256 g/mol. The first-order valence-electron chi connectivity index (χ1n) is 6.91. The highest BCUT2D eigenvalue weighted by molar-refractivity contribution is 5.76. The van der Waals surface area contributed by atoms with Gasteiger partial charge < -0.3 is 9.64 Å². The molecule has 1 rings (SSSR count). The van der Waals surface area contributed by atoms with Gasteiger partial charge in [0.25, 0.3) is 0 Å². The van der Waals surface area contributed by atoms with Crippen LogP contribution in [0.3, 0.4) is 0 Å². The molecule has 1 heterocycles. The molecular formula is C14H28N2O2. The Bertz CT molecular complexity index is 271. The van der Waals surface area contributed by atoms with Crippen LogP contribution in [0.4, 0.5) is 0 Å². The standard InChI is InChI=1S/C14H28N2O2/c1-14(2,3)18-13(17)12-8-6-10-16(12)11-7-9-15(4)5/h12H,6-11H2,1-5H3/t12-/m0/s1. The third-order valence-electron chi connectivity index (χ3n) is 3.09. The van der Waals surface area contributed by atoms with Crippen molar-refractivity contribution in [2.75, 3.05) is 33.7 Å². The van der Waals surface area contributed by atoms with E-state index in [-0.39, 0.29) is 17.6 Å². The number of carbonyl (C=O) groups excluding carboxylic acids is 1. The van der Waals surface area contributed by atoms with Gasteiger partial charge in [-0.3, -0.25) is 9.69 Å². The lowest BCUT2D eigenvalue weighted by Gasteiger charge is -2.27. The minimum absolute atomic E-state index is 0.0219. The maximum Gasteiger partial charge on any atom is 0.323 e. The van der Waals surface area contributed by atoms with Crippen molar-refractivity contribution >= 4 is 5.97 Å². The van der Waals surface area contributed by atoms with E-state index in [1.165, 1.54) is 0 Å². The van der Waals surface area contributed by atoms with Crippen molar-refractivity contribution in [2.45, 2.75) is 51.7 Å². The Balaban J connectivity index is 2.41. The van der Waals surface area contributed by atoms with Gasteiger partial charge >= 0.3 is 5.97 Å². The van der Waals surface area contributed by atoms with Gasteiger partial charge in [0.15, 0.2) is 0 Å². The highest BCUT2D eigenvalue weighted by atomic mass is 16.6. The number of esters is 1. The fourth-order valence-corrected chi connectivity index (χ4v) is 2.32. The summed E-state index contributed by atoms with van der Waals surface area (Å²) in [4.78, 5) is 16.5. The molecule has 0 bridgehead atoms. The van der Waals surface area contributed by atoms with Crippen LogP contribution < -0.4 is 0 Å². The Hall–Kier alpha value is -0.610. The molecule has 0 amide bonds. The molecule has 18 heavy (non-hydrogen) atoms. The Labute approximate surface area is 111 Å². The van der Waals surface area contributed by atoms with Crippen molar-refractivity contribution in [1.29, 1.82) is 0 Å². The van der Waals surface area contributed by atoms with Crippen molar-refractivity contribution in [3.63, 3.8) is 0 Å². The van der Waals surface area contributed by atoms with E-state index < -0.39 is 0 Å². The molecule has 0 aromatic carbocycles. The SMILES string of the molecule is CN(C)CCCN1CCC[C@H]1C(=O)OC(C)(C)C. The van der Waals surface area contributed by atoms with Crippen LogP contribution in [0.2, 0.25) is 0 Å². The van der Waals surface area contributed by atoms with Gasteiger partial charge in [0.05, 0.1) is 0 Å². The molecule has 1 aliphatic rings. The summed E-state index contributed by atoms with van der Waals surface area (Å²) in [5.41, 5.74) is -0.380. The van der Waals surface area contributed by atoms with Gasteiger partial charge in [0.1, 0.15) is 11.6 Å². The molecule has 4 heteroatoms. The average molecular weight is 256 g/mol. The second-order valence-electron chi connectivity index (χ2n) is 6.38. The Morgan fingerprint density at radius 2 is 2.06 bits per heavy atom. The minimum atomic E-state index is -0.380. The van der Waals surface area contributed by atoms with Crippen LogP contribution in [-0.4, -0.2) is 61.1 Å².